The molecule has 2 aliphatic heterocycles. The predicted molar refractivity (Wildman–Crippen MR) is 143 cm³/mol. The number of hydrogen-bond acceptors (Lipinski definition) is 4. The molecule has 2 heterocycles. The van der Waals surface area contributed by atoms with Crippen LogP contribution < -0.4 is 9.64 Å². The summed E-state index contributed by atoms with van der Waals surface area (Å²) in [5.74, 6) is 1.07. The molecule has 0 aromatic heterocycles. The van der Waals surface area contributed by atoms with E-state index in [1.54, 1.807) is 0 Å². The maximum atomic E-state index is 13.0. The number of halogens is 1. The molecule has 34 heavy (non-hydrogen) atoms. The summed E-state index contributed by atoms with van der Waals surface area (Å²) in [6.45, 7) is 9.56. The highest BCUT2D eigenvalue weighted by atomic mass is 79.9. The Labute approximate surface area is 213 Å². The average molecular weight is 529 g/mol. The van der Waals surface area contributed by atoms with Crippen LogP contribution in [0.2, 0.25) is 0 Å². The van der Waals surface area contributed by atoms with E-state index in [9.17, 15) is 4.79 Å². The zero-order valence-electron chi connectivity index (χ0n) is 20.5. The first-order valence-corrected chi connectivity index (χ1v) is 13.6. The molecule has 0 spiro atoms. The highest BCUT2D eigenvalue weighted by Crippen LogP contribution is 2.23. The first-order chi connectivity index (χ1) is 16.6. The number of rotatable bonds is 7. The van der Waals surface area contributed by atoms with Crippen molar-refractivity contribution in [1.82, 2.24) is 9.80 Å². The van der Waals surface area contributed by atoms with Crippen LogP contribution in [0.4, 0.5) is 5.69 Å². The Hall–Kier alpha value is -2.05. The summed E-state index contributed by atoms with van der Waals surface area (Å²) >= 11 is 3.48. The molecule has 5 nitrogen and oxygen atoms in total. The molecule has 0 bridgehead atoms. The van der Waals surface area contributed by atoms with Crippen molar-refractivity contribution in [2.45, 2.75) is 45.4 Å². The average Bonchev–Trinajstić information content (AvgIpc) is 2.83. The summed E-state index contributed by atoms with van der Waals surface area (Å²) < 4.78 is 7.02. The van der Waals surface area contributed by atoms with Gasteiger partial charge in [0.05, 0.1) is 6.61 Å². The van der Waals surface area contributed by atoms with Crippen LogP contribution in [0, 0.1) is 6.92 Å². The number of likely N-dealkylation sites (tertiary alicyclic amines) is 1. The number of carbonyl (C=O) groups excluding carboxylic acids is 1. The van der Waals surface area contributed by atoms with Crippen molar-refractivity contribution in [3.05, 3.63) is 58.1 Å². The summed E-state index contributed by atoms with van der Waals surface area (Å²) in [6.07, 6.45) is 7.94. The lowest BCUT2D eigenvalue weighted by Crippen LogP contribution is -2.48. The highest BCUT2D eigenvalue weighted by molar-refractivity contribution is 9.10. The second-order valence-corrected chi connectivity index (χ2v) is 10.5. The van der Waals surface area contributed by atoms with Crippen molar-refractivity contribution in [3.8, 4) is 5.75 Å². The number of ether oxygens (including phenoxy) is 1. The van der Waals surface area contributed by atoms with Gasteiger partial charge in [0.2, 0.25) is 0 Å². The van der Waals surface area contributed by atoms with E-state index in [1.165, 1.54) is 50.9 Å². The van der Waals surface area contributed by atoms with Gasteiger partial charge < -0.3 is 19.4 Å². The van der Waals surface area contributed by atoms with Crippen molar-refractivity contribution in [2.24, 2.45) is 0 Å². The number of amides is 1. The van der Waals surface area contributed by atoms with E-state index in [4.69, 9.17) is 4.74 Å². The standard InChI is InChI=1S/C28H38BrN3O2/c1-23-22-24(29)8-13-27(23)28(33)32-19-17-31(18-20-32)25-9-11-26(12-10-25)34-21-7-16-30-14-5-3-2-4-6-15-30/h8-13,22H,2-7,14-21H2,1H3. The van der Waals surface area contributed by atoms with Gasteiger partial charge in [-0.1, -0.05) is 35.2 Å². The molecule has 2 saturated heterocycles. The molecule has 6 heteroatoms. The van der Waals surface area contributed by atoms with Crippen LogP contribution in [-0.2, 0) is 0 Å². The zero-order chi connectivity index (χ0) is 23.8. The molecule has 2 aromatic rings. The molecule has 1 amide bonds. The second kappa shape index (κ2) is 12.6. The lowest BCUT2D eigenvalue weighted by atomic mass is 10.1. The summed E-state index contributed by atoms with van der Waals surface area (Å²) in [7, 11) is 0. The Kier molecular flexibility index (Phi) is 9.28. The van der Waals surface area contributed by atoms with Crippen LogP contribution in [-0.4, -0.2) is 68.1 Å². The molecule has 2 fully saturated rings. The van der Waals surface area contributed by atoms with Crippen molar-refractivity contribution in [1.29, 1.82) is 0 Å². The molecule has 184 valence electrons. The molecule has 0 unspecified atom stereocenters. The number of aryl methyl sites for hydroxylation is 1. The third-order valence-electron chi connectivity index (χ3n) is 7.02. The maximum absolute atomic E-state index is 13.0. The monoisotopic (exact) mass is 527 g/mol. The molecule has 0 aliphatic carbocycles. The van der Waals surface area contributed by atoms with Gasteiger partial charge in [0.15, 0.2) is 0 Å². The van der Waals surface area contributed by atoms with Crippen LogP contribution >= 0.6 is 15.9 Å². The van der Waals surface area contributed by atoms with Crippen LogP contribution in [0.5, 0.6) is 5.75 Å². The van der Waals surface area contributed by atoms with Crippen molar-refractivity contribution >= 4 is 27.5 Å². The van der Waals surface area contributed by atoms with Crippen LogP contribution in [0.3, 0.4) is 0 Å². The molecule has 4 rings (SSSR count). The molecular weight excluding hydrogens is 490 g/mol. The van der Waals surface area contributed by atoms with Gasteiger partial charge in [-0.05, 0) is 87.3 Å². The smallest absolute Gasteiger partial charge is 0.254 e. The number of nitrogens with zero attached hydrogens (tertiary/aromatic N) is 3. The third kappa shape index (κ3) is 6.98. The highest BCUT2D eigenvalue weighted by Gasteiger charge is 2.23. The molecule has 2 aliphatic rings. The fraction of sp³-hybridized carbons (Fsp3) is 0.536. The Morgan fingerprint density at radius 1 is 0.882 bits per heavy atom. The zero-order valence-corrected chi connectivity index (χ0v) is 22.1. The molecular formula is C28H38BrN3O2. The molecule has 0 saturated carbocycles. The topological polar surface area (TPSA) is 36.0 Å². The maximum Gasteiger partial charge on any atom is 0.254 e. The minimum Gasteiger partial charge on any atom is -0.494 e. The Balaban J connectivity index is 1.19. The van der Waals surface area contributed by atoms with Crippen LogP contribution in [0.1, 0.15) is 54.4 Å². The number of carbonyl (C=O) groups is 1. The summed E-state index contributed by atoms with van der Waals surface area (Å²) in [6, 6.07) is 14.3. The van der Waals surface area contributed by atoms with Crippen molar-refractivity contribution in [2.75, 3.05) is 57.3 Å². The molecule has 0 radical (unpaired) electrons. The van der Waals surface area contributed by atoms with E-state index in [0.29, 0.717) is 0 Å². The minimum atomic E-state index is 0.129. The predicted octanol–water partition coefficient (Wildman–Crippen LogP) is 5.75. The van der Waals surface area contributed by atoms with Crippen molar-refractivity contribution in [3.63, 3.8) is 0 Å². The van der Waals surface area contributed by atoms with Crippen molar-refractivity contribution < 1.29 is 9.53 Å². The Bertz CT molecular complexity index is 918. The molecule has 0 atom stereocenters. The Morgan fingerprint density at radius 3 is 2.24 bits per heavy atom. The normalized spacial score (nSPS) is 17.8. The van der Waals surface area contributed by atoms with E-state index < -0.39 is 0 Å². The number of piperazine rings is 1. The van der Waals surface area contributed by atoms with Gasteiger partial charge in [-0.3, -0.25) is 4.79 Å². The minimum absolute atomic E-state index is 0.129. The van der Waals surface area contributed by atoms with Gasteiger partial charge in [0, 0.05) is 48.4 Å². The van der Waals surface area contributed by atoms with Crippen LogP contribution in [0.25, 0.3) is 0 Å². The second-order valence-electron chi connectivity index (χ2n) is 9.54. The van der Waals surface area contributed by atoms with E-state index in [0.717, 1.165) is 67.1 Å². The third-order valence-corrected chi connectivity index (χ3v) is 7.52. The number of anilines is 1. The quantitative estimate of drug-likeness (QED) is 0.429. The largest absolute Gasteiger partial charge is 0.494 e. The fourth-order valence-electron chi connectivity index (χ4n) is 4.97. The molecule has 0 N–H and O–H groups in total. The number of benzene rings is 2. The van der Waals surface area contributed by atoms with E-state index >= 15 is 0 Å². The lowest BCUT2D eigenvalue weighted by molar-refractivity contribution is 0.0746. The van der Waals surface area contributed by atoms with Gasteiger partial charge >= 0.3 is 0 Å². The SMILES string of the molecule is Cc1cc(Br)ccc1C(=O)N1CCN(c2ccc(OCCCN3CCCCCCC3)cc2)CC1. The lowest BCUT2D eigenvalue weighted by Gasteiger charge is -2.36. The fourth-order valence-corrected chi connectivity index (χ4v) is 5.45. The van der Waals surface area contributed by atoms with Gasteiger partial charge in [-0.2, -0.15) is 0 Å². The number of hydrogen-bond donors (Lipinski definition) is 0. The van der Waals surface area contributed by atoms with Gasteiger partial charge in [-0.25, -0.2) is 0 Å². The summed E-state index contributed by atoms with van der Waals surface area (Å²) in [4.78, 5) is 19.9. The van der Waals surface area contributed by atoms with Gasteiger partial charge in [-0.15, -0.1) is 0 Å². The van der Waals surface area contributed by atoms with E-state index in [1.807, 2.05) is 30.0 Å². The first kappa shape index (κ1) is 25.1. The summed E-state index contributed by atoms with van der Waals surface area (Å²) in [5, 5.41) is 0. The van der Waals surface area contributed by atoms with Gasteiger partial charge in [0.1, 0.15) is 5.75 Å². The van der Waals surface area contributed by atoms with E-state index in [2.05, 4.69) is 50.0 Å². The summed E-state index contributed by atoms with van der Waals surface area (Å²) in [5.41, 5.74) is 3.00. The van der Waals surface area contributed by atoms with Gasteiger partial charge in [0.25, 0.3) is 5.91 Å². The first-order valence-electron chi connectivity index (χ1n) is 12.9. The Morgan fingerprint density at radius 2 is 1.56 bits per heavy atom. The van der Waals surface area contributed by atoms with E-state index in [-0.39, 0.29) is 5.91 Å². The van der Waals surface area contributed by atoms with Crippen LogP contribution in [0.15, 0.2) is 46.9 Å². The molecule has 2 aromatic carbocycles.